The minimum Gasteiger partial charge on any atom is -0.443 e. The van der Waals surface area contributed by atoms with Crippen LogP contribution in [0.2, 0.25) is 5.15 Å². The standard InChI is InChI=1S/C16H19ClN2O2S2/c1-10-14(22)12(8-13(17)18-10)19(9-11-6-5-7-23-11)15(20)21-16(2,3)4/h5-8,22H,9H2,1-4H3. The van der Waals surface area contributed by atoms with Crippen molar-refractivity contribution in [2.24, 2.45) is 0 Å². The van der Waals surface area contributed by atoms with Crippen LogP contribution in [0.4, 0.5) is 10.5 Å². The number of rotatable bonds is 3. The predicted octanol–water partition coefficient (Wildman–Crippen LogP) is 5.34. The molecule has 7 heteroatoms. The Hall–Kier alpha value is -1.24. The molecule has 0 unspecified atom stereocenters. The van der Waals surface area contributed by atoms with Crippen molar-refractivity contribution in [3.8, 4) is 0 Å². The number of hydrogen-bond donors (Lipinski definition) is 1. The first-order chi connectivity index (χ1) is 10.7. The summed E-state index contributed by atoms with van der Waals surface area (Å²) in [4.78, 5) is 20.0. The highest BCUT2D eigenvalue weighted by molar-refractivity contribution is 7.80. The van der Waals surface area contributed by atoms with Crippen molar-refractivity contribution < 1.29 is 9.53 Å². The van der Waals surface area contributed by atoms with E-state index < -0.39 is 11.7 Å². The minimum atomic E-state index is -0.590. The molecule has 4 nitrogen and oxygen atoms in total. The number of amides is 1. The Morgan fingerprint density at radius 1 is 1.48 bits per heavy atom. The smallest absolute Gasteiger partial charge is 0.415 e. The molecule has 2 rings (SSSR count). The number of thiophene rings is 1. The van der Waals surface area contributed by atoms with Crippen molar-refractivity contribution in [1.29, 1.82) is 0 Å². The average molecular weight is 371 g/mol. The third kappa shape index (κ3) is 4.86. The van der Waals surface area contributed by atoms with Gasteiger partial charge in [0.25, 0.3) is 0 Å². The van der Waals surface area contributed by atoms with Crippen LogP contribution in [-0.4, -0.2) is 16.7 Å². The largest absolute Gasteiger partial charge is 0.443 e. The zero-order valence-corrected chi connectivity index (χ0v) is 15.9. The van der Waals surface area contributed by atoms with Gasteiger partial charge >= 0.3 is 6.09 Å². The first kappa shape index (κ1) is 18.1. The van der Waals surface area contributed by atoms with Crippen molar-refractivity contribution in [1.82, 2.24) is 4.98 Å². The zero-order chi connectivity index (χ0) is 17.2. The molecule has 23 heavy (non-hydrogen) atoms. The van der Waals surface area contributed by atoms with E-state index in [4.69, 9.17) is 16.3 Å². The summed E-state index contributed by atoms with van der Waals surface area (Å²) < 4.78 is 5.53. The van der Waals surface area contributed by atoms with E-state index in [0.29, 0.717) is 28.0 Å². The normalized spacial score (nSPS) is 11.4. The van der Waals surface area contributed by atoms with Gasteiger partial charge in [-0.1, -0.05) is 17.7 Å². The van der Waals surface area contributed by atoms with Crippen LogP contribution in [0.3, 0.4) is 0 Å². The van der Waals surface area contributed by atoms with Crippen LogP contribution in [0.25, 0.3) is 0 Å². The lowest BCUT2D eigenvalue weighted by Crippen LogP contribution is -2.36. The maximum Gasteiger partial charge on any atom is 0.415 e. The third-order valence-electron chi connectivity index (χ3n) is 2.91. The Bertz CT molecular complexity index is 697. The summed E-state index contributed by atoms with van der Waals surface area (Å²) in [6.07, 6.45) is -0.442. The number of thiol groups is 1. The number of aromatic nitrogens is 1. The quantitative estimate of drug-likeness (QED) is 0.586. The fourth-order valence-electron chi connectivity index (χ4n) is 1.94. The number of anilines is 1. The van der Waals surface area contributed by atoms with Gasteiger partial charge in [-0.2, -0.15) is 0 Å². The second-order valence-electron chi connectivity index (χ2n) is 6.04. The van der Waals surface area contributed by atoms with Crippen molar-refractivity contribution in [3.63, 3.8) is 0 Å². The molecule has 2 aromatic rings. The number of carbonyl (C=O) groups is 1. The van der Waals surface area contributed by atoms with E-state index in [9.17, 15) is 4.79 Å². The van der Waals surface area contributed by atoms with E-state index in [-0.39, 0.29) is 0 Å². The number of aryl methyl sites for hydroxylation is 1. The lowest BCUT2D eigenvalue weighted by molar-refractivity contribution is 0.0577. The summed E-state index contributed by atoms with van der Waals surface area (Å²) in [6.45, 7) is 7.69. The van der Waals surface area contributed by atoms with Crippen LogP contribution < -0.4 is 4.90 Å². The van der Waals surface area contributed by atoms with Gasteiger partial charge < -0.3 is 4.74 Å². The number of ether oxygens (including phenoxy) is 1. The molecule has 0 aliphatic rings. The number of hydrogen-bond acceptors (Lipinski definition) is 5. The Balaban J connectivity index is 2.43. The van der Waals surface area contributed by atoms with Gasteiger partial charge in [0.1, 0.15) is 10.8 Å². The summed E-state index contributed by atoms with van der Waals surface area (Å²) in [6, 6.07) is 5.55. The Kier molecular flexibility index (Phi) is 5.60. The number of carbonyl (C=O) groups excluding carboxylic acids is 1. The summed E-state index contributed by atoms with van der Waals surface area (Å²) in [7, 11) is 0. The lowest BCUT2D eigenvalue weighted by atomic mass is 10.2. The van der Waals surface area contributed by atoms with E-state index in [2.05, 4.69) is 17.6 Å². The number of pyridine rings is 1. The van der Waals surface area contributed by atoms with Gasteiger partial charge in [0, 0.05) is 15.8 Å². The molecule has 0 bridgehead atoms. The molecule has 0 radical (unpaired) electrons. The lowest BCUT2D eigenvalue weighted by Gasteiger charge is -2.28. The van der Waals surface area contributed by atoms with Gasteiger partial charge in [0.2, 0.25) is 0 Å². The van der Waals surface area contributed by atoms with Crippen LogP contribution in [0.15, 0.2) is 28.5 Å². The van der Waals surface area contributed by atoms with Gasteiger partial charge in [-0.3, -0.25) is 4.90 Å². The molecule has 124 valence electrons. The fraction of sp³-hybridized carbons (Fsp3) is 0.375. The Morgan fingerprint density at radius 3 is 2.74 bits per heavy atom. The number of nitrogens with zero attached hydrogens (tertiary/aromatic N) is 2. The molecule has 2 heterocycles. The van der Waals surface area contributed by atoms with Crippen molar-refractivity contribution >= 4 is 47.3 Å². The molecular formula is C16H19ClN2O2S2. The first-order valence-electron chi connectivity index (χ1n) is 7.06. The molecule has 0 fully saturated rings. The topological polar surface area (TPSA) is 42.4 Å². The second kappa shape index (κ2) is 7.11. The monoisotopic (exact) mass is 370 g/mol. The average Bonchev–Trinajstić information content (AvgIpc) is 2.91. The number of halogens is 1. The molecule has 2 aromatic heterocycles. The molecule has 0 aliphatic heterocycles. The van der Waals surface area contributed by atoms with Crippen LogP contribution in [0.1, 0.15) is 31.3 Å². The molecular weight excluding hydrogens is 352 g/mol. The maximum absolute atomic E-state index is 12.7. The van der Waals surface area contributed by atoms with Crippen LogP contribution in [-0.2, 0) is 11.3 Å². The highest BCUT2D eigenvalue weighted by Gasteiger charge is 2.26. The Morgan fingerprint density at radius 2 is 2.17 bits per heavy atom. The van der Waals surface area contributed by atoms with E-state index in [1.54, 1.807) is 29.2 Å². The van der Waals surface area contributed by atoms with Crippen LogP contribution >= 0.6 is 35.6 Å². The summed E-state index contributed by atoms with van der Waals surface area (Å²) in [5.74, 6) is 0. The zero-order valence-electron chi connectivity index (χ0n) is 13.5. The molecule has 0 saturated heterocycles. The molecule has 0 spiro atoms. The van der Waals surface area contributed by atoms with Crippen molar-refractivity contribution in [3.05, 3.63) is 39.3 Å². The van der Waals surface area contributed by atoms with Gasteiger partial charge in [-0.05, 0) is 39.1 Å². The summed E-state index contributed by atoms with van der Waals surface area (Å²) in [5.41, 5.74) is 0.664. The van der Waals surface area contributed by atoms with Crippen LogP contribution in [0, 0.1) is 6.92 Å². The Labute approximate surface area is 150 Å². The highest BCUT2D eigenvalue weighted by atomic mass is 35.5. The SMILES string of the molecule is Cc1nc(Cl)cc(N(Cc2cccs2)C(=O)OC(C)(C)C)c1S. The van der Waals surface area contributed by atoms with E-state index in [1.807, 2.05) is 38.3 Å². The van der Waals surface area contributed by atoms with E-state index in [0.717, 1.165) is 4.88 Å². The van der Waals surface area contributed by atoms with Crippen LogP contribution in [0.5, 0.6) is 0 Å². The van der Waals surface area contributed by atoms with Gasteiger partial charge in [-0.25, -0.2) is 9.78 Å². The summed E-state index contributed by atoms with van der Waals surface area (Å²) in [5, 5.41) is 2.28. The molecule has 0 aliphatic carbocycles. The predicted molar refractivity (Wildman–Crippen MR) is 98.0 cm³/mol. The fourth-order valence-corrected chi connectivity index (χ4v) is 3.10. The maximum atomic E-state index is 12.7. The van der Waals surface area contributed by atoms with Gasteiger partial charge in [0.05, 0.1) is 17.9 Å². The molecule has 0 aromatic carbocycles. The van der Waals surface area contributed by atoms with Gasteiger partial charge in [-0.15, -0.1) is 24.0 Å². The van der Waals surface area contributed by atoms with E-state index >= 15 is 0 Å². The van der Waals surface area contributed by atoms with E-state index in [1.165, 1.54) is 0 Å². The summed E-state index contributed by atoms with van der Waals surface area (Å²) >= 11 is 12.1. The second-order valence-corrected chi connectivity index (χ2v) is 7.91. The van der Waals surface area contributed by atoms with Crippen molar-refractivity contribution in [2.75, 3.05) is 4.90 Å². The van der Waals surface area contributed by atoms with Gasteiger partial charge in [0.15, 0.2) is 0 Å². The molecule has 1 amide bonds. The van der Waals surface area contributed by atoms with Crippen molar-refractivity contribution in [2.45, 2.75) is 44.7 Å². The first-order valence-corrected chi connectivity index (χ1v) is 8.77. The molecule has 0 atom stereocenters. The molecule has 0 N–H and O–H groups in total. The highest BCUT2D eigenvalue weighted by Crippen LogP contribution is 2.32. The third-order valence-corrected chi connectivity index (χ3v) is 4.52. The molecule has 0 saturated carbocycles. The minimum absolute atomic E-state index is 0.315.